The van der Waals surface area contributed by atoms with Gasteiger partial charge in [-0.15, -0.1) is 0 Å². The van der Waals surface area contributed by atoms with E-state index in [1.807, 2.05) is 42.5 Å². The van der Waals surface area contributed by atoms with Gasteiger partial charge in [-0.25, -0.2) is 0 Å². The molecule has 0 aliphatic heterocycles. The SMILES string of the molecule is NC1(C(=O)c2cccc3ccccc23)CCCCC1. The lowest BCUT2D eigenvalue weighted by Crippen LogP contribution is -2.49. The second-order valence-electron chi connectivity index (χ2n) is 5.57. The molecule has 1 aliphatic carbocycles. The Labute approximate surface area is 113 Å². The quantitative estimate of drug-likeness (QED) is 0.829. The fourth-order valence-corrected chi connectivity index (χ4v) is 3.10. The minimum absolute atomic E-state index is 0.115. The highest BCUT2D eigenvalue weighted by molar-refractivity contribution is 6.12. The van der Waals surface area contributed by atoms with Crippen molar-refractivity contribution in [2.24, 2.45) is 5.73 Å². The summed E-state index contributed by atoms with van der Waals surface area (Å²) in [7, 11) is 0. The minimum Gasteiger partial charge on any atom is -0.319 e. The van der Waals surface area contributed by atoms with Crippen molar-refractivity contribution in [1.82, 2.24) is 0 Å². The number of fused-ring (bicyclic) bond motifs is 1. The molecule has 0 saturated heterocycles. The molecule has 0 amide bonds. The van der Waals surface area contributed by atoms with Crippen molar-refractivity contribution in [3.8, 4) is 0 Å². The van der Waals surface area contributed by atoms with Crippen LogP contribution in [-0.2, 0) is 0 Å². The molecule has 0 bridgehead atoms. The first-order valence-corrected chi connectivity index (χ1v) is 7.02. The van der Waals surface area contributed by atoms with Gasteiger partial charge in [0.05, 0.1) is 5.54 Å². The number of Topliss-reactive ketones (excluding diaryl/α,β-unsaturated/α-hetero) is 1. The van der Waals surface area contributed by atoms with E-state index in [0.717, 1.165) is 42.0 Å². The van der Waals surface area contributed by atoms with Crippen LogP contribution in [0, 0.1) is 0 Å². The molecule has 0 heterocycles. The highest BCUT2D eigenvalue weighted by atomic mass is 16.1. The van der Waals surface area contributed by atoms with Crippen LogP contribution in [0.3, 0.4) is 0 Å². The van der Waals surface area contributed by atoms with Gasteiger partial charge in [-0.1, -0.05) is 61.7 Å². The second-order valence-corrected chi connectivity index (χ2v) is 5.57. The third-order valence-corrected chi connectivity index (χ3v) is 4.23. The first-order valence-electron chi connectivity index (χ1n) is 7.02. The molecule has 0 radical (unpaired) electrons. The zero-order valence-corrected chi connectivity index (χ0v) is 11.1. The van der Waals surface area contributed by atoms with Crippen LogP contribution in [0.25, 0.3) is 10.8 Å². The highest BCUT2D eigenvalue weighted by Gasteiger charge is 2.36. The Balaban J connectivity index is 2.06. The molecule has 2 aromatic rings. The Morgan fingerprint density at radius 1 is 0.947 bits per heavy atom. The van der Waals surface area contributed by atoms with E-state index in [-0.39, 0.29) is 5.78 Å². The molecule has 1 saturated carbocycles. The van der Waals surface area contributed by atoms with Crippen molar-refractivity contribution in [1.29, 1.82) is 0 Å². The van der Waals surface area contributed by atoms with Crippen LogP contribution in [0.1, 0.15) is 42.5 Å². The lowest BCUT2D eigenvalue weighted by molar-refractivity contribution is 0.0849. The summed E-state index contributed by atoms with van der Waals surface area (Å²) >= 11 is 0. The van der Waals surface area contributed by atoms with Gasteiger partial charge in [0, 0.05) is 5.56 Å². The molecule has 0 spiro atoms. The van der Waals surface area contributed by atoms with E-state index in [2.05, 4.69) is 0 Å². The van der Waals surface area contributed by atoms with Crippen LogP contribution in [0.15, 0.2) is 42.5 Å². The molecular weight excluding hydrogens is 234 g/mol. The molecule has 2 aromatic carbocycles. The molecule has 1 fully saturated rings. The number of benzene rings is 2. The van der Waals surface area contributed by atoms with E-state index >= 15 is 0 Å². The number of nitrogens with two attached hydrogens (primary N) is 1. The molecule has 19 heavy (non-hydrogen) atoms. The highest BCUT2D eigenvalue weighted by Crippen LogP contribution is 2.31. The number of hydrogen-bond acceptors (Lipinski definition) is 2. The monoisotopic (exact) mass is 253 g/mol. The Morgan fingerprint density at radius 2 is 1.63 bits per heavy atom. The van der Waals surface area contributed by atoms with Crippen molar-refractivity contribution < 1.29 is 4.79 Å². The van der Waals surface area contributed by atoms with E-state index in [0.29, 0.717) is 0 Å². The summed E-state index contributed by atoms with van der Waals surface area (Å²) in [5.41, 5.74) is 6.51. The molecule has 98 valence electrons. The predicted octanol–water partition coefficient (Wildman–Crippen LogP) is 3.68. The smallest absolute Gasteiger partial charge is 0.183 e. The van der Waals surface area contributed by atoms with Gasteiger partial charge in [-0.05, 0) is 23.6 Å². The van der Waals surface area contributed by atoms with Crippen molar-refractivity contribution in [3.63, 3.8) is 0 Å². The maximum absolute atomic E-state index is 12.8. The van der Waals surface area contributed by atoms with Crippen LogP contribution in [0.2, 0.25) is 0 Å². The number of ketones is 1. The van der Waals surface area contributed by atoms with Crippen LogP contribution >= 0.6 is 0 Å². The standard InChI is InChI=1S/C17H19NO/c18-17(11-4-1-5-12-17)16(19)15-10-6-8-13-7-2-3-9-14(13)15/h2-3,6-10H,1,4-5,11-12,18H2. The van der Waals surface area contributed by atoms with Gasteiger partial charge >= 0.3 is 0 Å². The Kier molecular flexibility index (Phi) is 3.11. The molecule has 2 N–H and O–H groups in total. The van der Waals surface area contributed by atoms with Gasteiger partial charge in [-0.3, -0.25) is 4.79 Å². The maximum atomic E-state index is 12.8. The van der Waals surface area contributed by atoms with E-state index in [4.69, 9.17) is 5.73 Å². The minimum atomic E-state index is -0.650. The van der Waals surface area contributed by atoms with Gasteiger partial charge in [0.15, 0.2) is 5.78 Å². The molecule has 0 unspecified atom stereocenters. The largest absolute Gasteiger partial charge is 0.319 e. The summed E-state index contributed by atoms with van der Waals surface area (Å²) < 4.78 is 0. The van der Waals surface area contributed by atoms with Gasteiger partial charge < -0.3 is 5.73 Å². The van der Waals surface area contributed by atoms with Crippen molar-refractivity contribution in [2.45, 2.75) is 37.6 Å². The molecule has 3 rings (SSSR count). The van der Waals surface area contributed by atoms with Gasteiger partial charge in [0.1, 0.15) is 0 Å². The summed E-state index contributed by atoms with van der Waals surface area (Å²) in [6.45, 7) is 0. The molecule has 2 heteroatoms. The third kappa shape index (κ3) is 2.17. The second kappa shape index (κ2) is 4.78. The first kappa shape index (κ1) is 12.4. The van der Waals surface area contributed by atoms with Crippen LogP contribution in [-0.4, -0.2) is 11.3 Å². The Hall–Kier alpha value is -1.67. The Bertz CT molecular complexity index is 606. The molecule has 0 aromatic heterocycles. The molecule has 0 atom stereocenters. The number of carbonyl (C=O) groups excluding carboxylic acids is 1. The van der Waals surface area contributed by atoms with Gasteiger partial charge in [0.25, 0.3) is 0 Å². The lowest BCUT2D eigenvalue weighted by Gasteiger charge is -2.32. The van der Waals surface area contributed by atoms with Crippen LogP contribution in [0.5, 0.6) is 0 Å². The maximum Gasteiger partial charge on any atom is 0.183 e. The van der Waals surface area contributed by atoms with Gasteiger partial charge in [-0.2, -0.15) is 0 Å². The molecular formula is C17H19NO. The predicted molar refractivity (Wildman–Crippen MR) is 78.3 cm³/mol. The van der Waals surface area contributed by atoms with E-state index in [1.54, 1.807) is 0 Å². The fraction of sp³-hybridized carbons (Fsp3) is 0.353. The molecule has 1 aliphatic rings. The van der Waals surface area contributed by atoms with Crippen molar-refractivity contribution in [2.75, 3.05) is 0 Å². The van der Waals surface area contributed by atoms with Crippen molar-refractivity contribution >= 4 is 16.6 Å². The van der Waals surface area contributed by atoms with Crippen LogP contribution < -0.4 is 5.73 Å². The van der Waals surface area contributed by atoms with E-state index in [1.165, 1.54) is 6.42 Å². The summed E-state index contributed by atoms with van der Waals surface area (Å²) in [5, 5.41) is 2.12. The average molecular weight is 253 g/mol. The third-order valence-electron chi connectivity index (χ3n) is 4.23. The van der Waals surface area contributed by atoms with Crippen molar-refractivity contribution in [3.05, 3.63) is 48.0 Å². The van der Waals surface area contributed by atoms with Crippen LogP contribution in [0.4, 0.5) is 0 Å². The number of carbonyl (C=O) groups is 1. The van der Waals surface area contributed by atoms with E-state index in [9.17, 15) is 4.79 Å². The number of hydrogen-bond donors (Lipinski definition) is 1. The average Bonchev–Trinajstić information content (AvgIpc) is 2.47. The normalized spacial score (nSPS) is 18.4. The lowest BCUT2D eigenvalue weighted by atomic mass is 9.76. The summed E-state index contributed by atoms with van der Waals surface area (Å²) in [4.78, 5) is 12.8. The number of rotatable bonds is 2. The summed E-state index contributed by atoms with van der Waals surface area (Å²) in [5.74, 6) is 0.115. The summed E-state index contributed by atoms with van der Waals surface area (Å²) in [6.07, 6.45) is 4.95. The zero-order chi connectivity index (χ0) is 13.3. The summed E-state index contributed by atoms with van der Waals surface area (Å²) in [6, 6.07) is 13.9. The zero-order valence-electron chi connectivity index (χ0n) is 11.1. The van der Waals surface area contributed by atoms with Gasteiger partial charge in [0.2, 0.25) is 0 Å². The van der Waals surface area contributed by atoms with E-state index < -0.39 is 5.54 Å². The topological polar surface area (TPSA) is 43.1 Å². The molecule has 2 nitrogen and oxygen atoms in total. The fourth-order valence-electron chi connectivity index (χ4n) is 3.10. The Morgan fingerprint density at radius 3 is 2.42 bits per heavy atom. The first-order chi connectivity index (χ1) is 9.21.